The van der Waals surface area contributed by atoms with Gasteiger partial charge >= 0.3 is 7.12 Å². The highest BCUT2D eigenvalue weighted by molar-refractivity contribution is 6.58. The van der Waals surface area contributed by atoms with E-state index in [2.05, 4.69) is 10.1 Å². The number of nitrogens with zero attached hydrogens (tertiary/aromatic N) is 3. The molecule has 0 aliphatic carbocycles. The van der Waals surface area contributed by atoms with Crippen molar-refractivity contribution < 1.29 is 10.0 Å². The van der Waals surface area contributed by atoms with Crippen molar-refractivity contribution >= 4 is 25.0 Å². The molecule has 0 atom stereocenters. The van der Waals surface area contributed by atoms with E-state index in [1.165, 1.54) is 6.20 Å². The van der Waals surface area contributed by atoms with E-state index in [9.17, 15) is 0 Å². The Labute approximate surface area is 92.9 Å². The first-order chi connectivity index (χ1) is 6.77. The third kappa shape index (κ3) is 2.56. The molecule has 0 aromatic carbocycles. The maximum atomic E-state index is 8.93. The van der Waals surface area contributed by atoms with Gasteiger partial charge in [-0.05, 0) is 12.1 Å². The van der Waals surface area contributed by atoms with Crippen LogP contribution in [-0.2, 0) is 0 Å². The lowest BCUT2D eigenvalue weighted by atomic mass is 9.81. The molecule has 0 radical (unpaired) electrons. The zero-order chi connectivity index (χ0) is 9.97. The van der Waals surface area contributed by atoms with E-state index in [0.29, 0.717) is 11.2 Å². The molecule has 0 saturated carbocycles. The minimum Gasteiger partial charge on any atom is -0.423 e. The molecule has 0 spiro atoms. The highest BCUT2D eigenvalue weighted by atomic mass is 35.5. The average molecular weight is 225 g/mol. The van der Waals surface area contributed by atoms with Crippen molar-refractivity contribution in [2.75, 3.05) is 0 Å². The number of rotatable bonds is 2. The van der Waals surface area contributed by atoms with Crippen LogP contribution >= 0.6 is 12.4 Å². The second-order valence-corrected chi connectivity index (χ2v) is 2.80. The monoisotopic (exact) mass is 225 g/mol. The van der Waals surface area contributed by atoms with Gasteiger partial charge in [-0.1, -0.05) is 0 Å². The molecule has 78 valence electrons. The van der Waals surface area contributed by atoms with Crippen molar-refractivity contribution in [1.82, 2.24) is 14.8 Å². The van der Waals surface area contributed by atoms with E-state index in [1.54, 1.807) is 35.4 Å². The van der Waals surface area contributed by atoms with Crippen LogP contribution in [0, 0.1) is 0 Å². The second-order valence-electron chi connectivity index (χ2n) is 2.80. The number of hydrogen-bond donors (Lipinski definition) is 2. The summed E-state index contributed by atoms with van der Waals surface area (Å²) in [6.45, 7) is 0. The van der Waals surface area contributed by atoms with Crippen LogP contribution in [0.5, 0.6) is 0 Å². The van der Waals surface area contributed by atoms with Gasteiger partial charge in [-0.25, -0.2) is 4.68 Å². The van der Waals surface area contributed by atoms with E-state index in [1.807, 2.05) is 0 Å². The van der Waals surface area contributed by atoms with Crippen LogP contribution in [0.25, 0.3) is 5.69 Å². The summed E-state index contributed by atoms with van der Waals surface area (Å²) >= 11 is 0. The average Bonchev–Trinajstić information content (AvgIpc) is 2.71. The summed E-state index contributed by atoms with van der Waals surface area (Å²) in [6, 6.07) is 3.40. The summed E-state index contributed by atoms with van der Waals surface area (Å²) in [5.41, 5.74) is 1.04. The maximum absolute atomic E-state index is 8.93. The van der Waals surface area contributed by atoms with Gasteiger partial charge in [0.05, 0.1) is 11.9 Å². The Morgan fingerprint density at radius 1 is 1.27 bits per heavy atom. The van der Waals surface area contributed by atoms with E-state index in [0.717, 1.165) is 0 Å². The molecule has 2 aromatic rings. The predicted octanol–water partition coefficient (Wildman–Crippen LogP) is -0.631. The molecule has 2 N–H and O–H groups in total. The molecule has 0 fully saturated rings. The molecule has 0 aliphatic rings. The molecule has 15 heavy (non-hydrogen) atoms. The minimum absolute atomic E-state index is 0. The van der Waals surface area contributed by atoms with Crippen LogP contribution in [0.15, 0.2) is 36.9 Å². The Hall–Kier alpha value is -1.37. The fourth-order valence-electron chi connectivity index (χ4n) is 1.13. The first-order valence-electron chi connectivity index (χ1n) is 4.08. The van der Waals surface area contributed by atoms with E-state index in [-0.39, 0.29) is 12.4 Å². The van der Waals surface area contributed by atoms with Crippen molar-refractivity contribution in [1.29, 1.82) is 0 Å². The summed E-state index contributed by atoms with van der Waals surface area (Å²) in [5.74, 6) is 0. The molecule has 0 amide bonds. The van der Waals surface area contributed by atoms with Crippen molar-refractivity contribution in [2.45, 2.75) is 0 Å². The van der Waals surface area contributed by atoms with Crippen LogP contribution < -0.4 is 5.46 Å². The Kier molecular flexibility index (Phi) is 3.84. The van der Waals surface area contributed by atoms with Crippen LogP contribution in [0.3, 0.4) is 0 Å². The highest BCUT2D eigenvalue weighted by Crippen LogP contribution is 2.00. The third-order valence-corrected chi connectivity index (χ3v) is 1.81. The molecule has 0 aliphatic heterocycles. The molecule has 2 aromatic heterocycles. The van der Waals surface area contributed by atoms with Crippen molar-refractivity contribution in [3.63, 3.8) is 0 Å². The minimum atomic E-state index is -1.50. The first-order valence-corrected chi connectivity index (χ1v) is 4.08. The summed E-state index contributed by atoms with van der Waals surface area (Å²) in [6.07, 6.45) is 6.39. The number of halogens is 1. The van der Waals surface area contributed by atoms with Gasteiger partial charge in [-0.15, -0.1) is 12.4 Å². The molecule has 5 nitrogen and oxygen atoms in total. The topological polar surface area (TPSA) is 71.2 Å². The van der Waals surface area contributed by atoms with E-state index in [4.69, 9.17) is 10.0 Å². The Morgan fingerprint density at radius 3 is 2.67 bits per heavy atom. The van der Waals surface area contributed by atoms with Gasteiger partial charge in [0.25, 0.3) is 0 Å². The van der Waals surface area contributed by atoms with Gasteiger partial charge in [-0.3, -0.25) is 4.98 Å². The van der Waals surface area contributed by atoms with Gasteiger partial charge in [-0.2, -0.15) is 5.10 Å². The van der Waals surface area contributed by atoms with Gasteiger partial charge < -0.3 is 10.0 Å². The molecule has 0 bridgehead atoms. The number of hydrogen-bond acceptors (Lipinski definition) is 4. The van der Waals surface area contributed by atoms with Crippen LogP contribution in [-0.4, -0.2) is 31.9 Å². The van der Waals surface area contributed by atoms with Crippen LogP contribution in [0.4, 0.5) is 0 Å². The Bertz CT molecular complexity index is 422. The summed E-state index contributed by atoms with van der Waals surface area (Å²) in [4.78, 5) is 3.88. The van der Waals surface area contributed by atoms with Gasteiger partial charge in [0.2, 0.25) is 0 Å². The molecule has 0 saturated heterocycles. The zero-order valence-corrected chi connectivity index (χ0v) is 8.50. The predicted molar refractivity (Wildman–Crippen MR) is 58.4 cm³/mol. The largest absolute Gasteiger partial charge is 0.490 e. The lowest BCUT2D eigenvalue weighted by Crippen LogP contribution is -2.30. The lowest BCUT2D eigenvalue weighted by Gasteiger charge is -2.03. The Balaban J connectivity index is 0.00000112. The fraction of sp³-hybridized carbons (Fsp3) is 0. The quantitative estimate of drug-likeness (QED) is 0.668. The Morgan fingerprint density at radius 2 is 2.07 bits per heavy atom. The van der Waals surface area contributed by atoms with Crippen LogP contribution in [0.2, 0.25) is 0 Å². The number of pyridine rings is 1. The number of aromatic nitrogens is 3. The molecular weight excluding hydrogens is 216 g/mol. The normalized spacial score (nSPS) is 9.47. The second kappa shape index (κ2) is 4.93. The van der Waals surface area contributed by atoms with Crippen molar-refractivity contribution in [3.8, 4) is 5.69 Å². The fourth-order valence-corrected chi connectivity index (χ4v) is 1.13. The SMILES string of the molecule is Cl.OB(O)c1cncc(-n2cccn2)c1. The summed E-state index contributed by atoms with van der Waals surface area (Å²) < 4.78 is 1.60. The summed E-state index contributed by atoms with van der Waals surface area (Å²) in [7, 11) is -1.50. The van der Waals surface area contributed by atoms with E-state index >= 15 is 0 Å². The molecular formula is C8H9BClN3O2. The molecule has 2 heterocycles. The zero-order valence-electron chi connectivity index (χ0n) is 7.69. The molecule has 0 unspecified atom stereocenters. The smallest absolute Gasteiger partial charge is 0.423 e. The van der Waals surface area contributed by atoms with Gasteiger partial charge in [0.1, 0.15) is 0 Å². The maximum Gasteiger partial charge on any atom is 0.490 e. The summed E-state index contributed by atoms with van der Waals surface area (Å²) in [5, 5.41) is 21.9. The third-order valence-electron chi connectivity index (χ3n) is 1.81. The molecule has 7 heteroatoms. The van der Waals surface area contributed by atoms with Crippen molar-refractivity contribution in [3.05, 3.63) is 36.9 Å². The van der Waals surface area contributed by atoms with Crippen molar-refractivity contribution in [2.24, 2.45) is 0 Å². The van der Waals surface area contributed by atoms with Crippen LogP contribution in [0.1, 0.15) is 0 Å². The van der Waals surface area contributed by atoms with Gasteiger partial charge in [0.15, 0.2) is 0 Å². The highest BCUT2D eigenvalue weighted by Gasteiger charge is 2.11. The van der Waals surface area contributed by atoms with E-state index < -0.39 is 7.12 Å². The first kappa shape index (κ1) is 11.7. The van der Waals surface area contributed by atoms with Gasteiger partial charge in [0, 0.05) is 24.1 Å². The standard InChI is InChI=1S/C8H8BN3O2.ClH/c13-9(14)7-4-8(6-10-5-7)12-3-1-2-11-12;/h1-6,13-14H;1H. The lowest BCUT2D eigenvalue weighted by molar-refractivity contribution is 0.425. The molecule has 2 rings (SSSR count).